The minimum absolute atomic E-state index is 0.323. The molecule has 1 fully saturated rings. The number of allylic oxidation sites excluding steroid dienone is 1. The third kappa shape index (κ3) is 3.00. The second-order valence-electron chi connectivity index (χ2n) is 7.26. The SMILES string of the molecule is CC1=CCC2CCCCC2C1COc1ccc2ccc(=O)oc2c1. The fourth-order valence-electron chi connectivity index (χ4n) is 4.46. The molecule has 0 saturated heterocycles. The van der Waals surface area contributed by atoms with Crippen LogP contribution in [0, 0.1) is 17.8 Å². The Balaban J connectivity index is 1.52. The Morgan fingerprint density at radius 1 is 1.17 bits per heavy atom. The van der Waals surface area contributed by atoms with Gasteiger partial charge in [0.25, 0.3) is 0 Å². The lowest BCUT2D eigenvalue weighted by atomic mass is 9.66. The van der Waals surface area contributed by atoms with Crippen LogP contribution in [-0.4, -0.2) is 6.61 Å². The van der Waals surface area contributed by atoms with Crippen LogP contribution in [0.4, 0.5) is 0 Å². The zero-order valence-electron chi connectivity index (χ0n) is 14.2. The number of hydrogen-bond donors (Lipinski definition) is 0. The fraction of sp³-hybridized carbons (Fsp3) is 0.476. The maximum Gasteiger partial charge on any atom is 0.336 e. The molecule has 0 radical (unpaired) electrons. The highest BCUT2D eigenvalue weighted by Crippen LogP contribution is 2.43. The Kier molecular flexibility index (Phi) is 4.17. The first-order valence-electron chi connectivity index (χ1n) is 9.04. The van der Waals surface area contributed by atoms with E-state index in [1.807, 2.05) is 18.2 Å². The third-order valence-electron chi connectivity index (χ3n) is 5.84. The summed E-state index contributed by atoms with van der Waals surface area (Å²) in [6, 6.07) is 8.97. The maximum absolute atomic E-state index is 11.4. The molecule has 3 unspecified atom stereocenters. The first-order chi connectivity index (χ1) is 11.7. The lowest BCUT2D eigenvalue weighted by molar-refractivity contribution is 0.123. The van der Waals surface area contributed by atoms with Gasteiger partial charge in [-0.15, -0.1) is 0 Å². The molecule has 126 valence electrons. The van der Waals surface area contributed by atoms with E-state index in [9.17, 15) is 4.79 Å². The zero-order chi connectivity index (χ0) is 16.5. The molecule has 0 aliphatic heterocycles. The van der Waals surface area contributed by atoms with Gasteiger partial charge in [-0.3, -0.25) is 0 Å². The van der Waals surface area contributed by atoms with Gasteiger partial charge in [-0.2, -0.15) is 0 Å². The molecule has 1 aromatic heterocycles. The first-order valence-corrected chi connectivity index (χ1v) is 9.04. The summed E-state index contributed by atoms with van der Waals surface area (Å²) in [5.74, 6) is 2.90. The molecule has 2 aromatic rings. The van der Waals surface area contributed by atoms with Crippen molar-refractivity contribution in [1.29, 1.82) is 0 Å². The predicted molar refractivity (Wildman–Crippen MR) is 95.3 cm³/mol. The van der Waals surface area contributed by atoms with Crippen LogP contribution in [0.25, 0.3) is 11.0 Å². The van der Waals surface area contributed by atoms with Gasteiger partial charge in [0.15, 0.2) is 0 Å². The molecule has 3 heteroatoms. The molecule has 3 atom stereocenters. The summed E-state index contributed by atoms with van der Waals surface area (Å²) in [4.78, 5) is 11.4. The van der Waals surface area contributed by atoms with Crippen molar-refractivity contribution in [3.8, 4) is 5.75 Å². The number of benzene rings is 1. The topological polar surface area (TPSA) is 39.4 Å². The van der Waals surface area contributed by atoms with Gasteiger partial charge in [0, 0.05) is 23.4 Å². The van der Waals surface area contributed by atoms with Gasteiger partial charge < -0.3 is 9.15 Å². The molecule has 2 aliphatic rings. The number of ether oxygens (including phenoxy) is 1. The molecule has 0 amide bonds. The predicted octanol–water partition coefficient (Wildman–Crippen LogP) is 4.94. The molecule has 0 bridgehead atoms. The molecule has 3 nitrogen and oxygen atoms in total. The summed E-state index contributed by atoms with van der Waals surface area (Å²) in [5, 5.41) is 0.919. The highest BCUT2D eigenvalue weighted by molar-refractivity contribution is 5.77. The van der Waals surface area contributed by atoms with Gasteiger partial charge in [-0.05, 0) is 56.2 Å². The van der Waals surface area contributed by atoms with Crippen LogP contribution in [0.1, 0.15) is 39.0 Å². The molecule has 1 aromatic carbocycles. The Labute approximate surface area is 142 Å². The van der Waals surface area contributed by atoms with E-state index in [1.54, 1.807) is 6.07 Å². The van der Waals surface area contributed by atoms with Crippen molar-refractivity contribution in [3.63, 3.8) is 0 Å². The average molecular weight is 324 g/mol. The van der Waals surface area contributed by atoms with Crippen LogP contribution in [0.2, 0.25) is 0 Å². The minimum Gasteiger partial charge on any atom is -0.493 e. The first kappa shape index (κ1) is 15.5. The Morgan fingerprint density at radius 2 is 2.00 bits per heavy atom. The molecule has 1 heterocycles. The standard InChI is InChI=1S/C21H24O3/c1-14-6-7-15-4-2-3-5-18(15)19(14)13-23-17-10-8-16-9-11-21(22)24-20(16)12-17/h6,8-12,15,18-19H,2-5,7,13H2,1H3. The van der Waals surface area contributed by atoms with Crippen molar-refractivity contribution in [3.05, 3.63) is 52.4 Å². The second-order valence-corrected chi connectivity index (χ2v) is 7.26. The van der Waals surface area contributed by atoms with E-state index in [-0.39, 0.29) is 5.63 Å². The second kappa shape index (κ2) is 6.46. The highest BCUT2D eigenvalue weighted by atomic mass is 16.5. The Bertz CT molecular complexity index is 817. The van der Waals surface area contributed by atoms with E-state index in [1.165, 1.54) is 43.7 Å². The molecular formula is C21H24O3. The van der Waals surface area contributed by atoms with Crippen molar-refractivity contribution in [2.45, 2.75) is 39.0 Å². The van der Waals surface area contributed by atoms with E-state index in [0.29, 0.717) is 18.1 Å². The molecular weight excluding hydrogens is 300 g/mol. The van der Waals surface area contributed by atoms with Gasteiger partial charge >= 0.3 is 5.63 Å². The molecule has 0 N–H and O–H groups in total. The summed E-state index contributed by atoms with van der Waals surface area (Å²) >= 11 is 0. The number of fused-ring (bicyclic) bond motifs is 2. The van der Waals surface area contributed by atoms with Crippen molar-refractivity contribution in [1.82, 2.24) is 0 Å². The fourth-order valence-corrected chi connectivity index (χ4v) is 4.46. The third-order valence-corrected chi connectivity index (χ3v) is 5.84. The largest absolute Gasteiger partial charge is 0.493 e. The quantitative estimate of drug-likeness (QED) is 0.593. The highest BCUT2D eigenvalue weighted by Gasteiger charge is 2.35. The Morgan fingerprint density at radius 3 is 2.92 bits per heavy atom. The summed E-state index contributed by atoms with van der Waals surface area (Å²) < 4.78 is 11.4. The van der Waals surface area contributed by atoms with Crippen molar-refractivity contribution < 1.29 is 9.15 Å². The average Bonchev–Trinajstić information content (AvgIpc) is 2.60. The van der Waals surface area contributed by atoms with Crippen LogP contribution >= 0.6 is 0 Å². The smallest absolute Gasteiger partial charge is 0.336 e. The van der Waals surface area contributed by atoms with Gasteiger partial charge in [-0.25, -0.2) is 4.79 Å². The van der Waals surface area contributed by atoms with Gasteiger partial charge in [0.05, 0.1) is 6.61 Å². The summed E-state index contributed by atoms with van der Waals surface area (Å²) in [7, 11) is 0. The van der Waals surface area contributed by atoms with Gasteiger partial charge in [0.2, 0.25) is 0 Å². The lowest BCUT2D eigenvalue weighted by Gasteiger charge is -2.40. The van der Waals surface area contributed by atoms with E-state index in [0.717, 1.165) is 23.0 Å². The lowest BCUT2D eigenvalue weighted by Crippen LogP contribution is -2.34. The van der Waals surface area contributed by atoms with E-state index >= 15 is 0 Å². The zero-order valence-corrected chi connectivity index (χ0v) is 14.2. The monoisotopic (exact) mass is 324 g/mol. The number of rotatable bonds is 3. The molecule has 0 spiro atoms. The van der Waals surface area contributed by atoms with Crippen LogP contribution in [0.3, 0.4) is 0 Å². The van der Waals surface area contributed by atoms with Crippen LogP contribution in [-0.2, 0) is 0 Å². The van der Waals surface area contributed by atoms with Gasteiger partial charge in [-0.1, -0.05) is 24.5 Å². The summed E-state index contributed by atoms with van der Waals surface area (Å²) in [6.07, 6.45) is 9.09. The maximum atomic E-state index is 11.4. The normalized spacial score (nSPS) is 26.7. The van der Waals surface area contributed by atoms with E-state index in [2.05, 4.69) is 13.0 Å². The van der Waals surface area contributed by atoms with Crippen LogP contribution in [0.5, 0.6) is 5.75 Å². The number of hydrogen-bond acceptors (Lipinski definition) is 3. The van der Waals surface area contributed by atoms with Crippen LogP contribution < -0.4 is 10.4 Å². The molecule has 2 aliphatic carbocycles. The summed E-state index contributed by atoms with van der Waals surface area (Å²) in [5.41, 5.74) is 1.74. The van der Waals surface area contributed by atoms with Gasteiger partial charge in [0.1, 0.15) is 11.3 Å². The molecule has 1 saturated carbocycles. The van der Waals surface area contributed by atoms with E-state index in [4.69, 9.17) is 9.15 Å². The Hall–Kier alpha value is -2.03. The molecule has 24 heavy (non-hydrogen) atoms. The summed E-state index contributed by atoms with van der Waals surface area (Å²) in [6.45, 7) is 2.96. The molecule has 4 rings (SSSR count). The van der Waals surface area contributed by atoms with Crippen molar-refractivity contribution in [2.75, 3.05) is 6.61 Å². The van der Waals surface area contributed by atoms with Crippen molar-refractivity contribution in [2.24, 2.45) is 17.8 Å². The van der Waals surface area contributed by atoms with Crippen LogP contribution in [0.15, 0.2) is 51.2 Å². The van der Waals surface area contributed by atoms with Crippen molar-refractivity contribution >= 4 is 11.0 Å². The minimum atomic E-state index is -0.323. The van der Waals surface area contributed by atoms with E-state index < -0.39 is 0 Å².